The maximum absolute atomic E-state index is 11.9. The lowest BCUT2D eigenvalue weighted by atomic mass is 10.1. The van der Waals surface area contributed by atoms with Gasteiger partial charge >= 0.3 is 5.97 Å². The summed E-state index contributed by atoms with van der Waals surface area (Å²) in [5.41, 5.74) is 3.09. The molecular formula is C15H18N2O3. The summed E-state index contributed by atoms with van der Waals surface area (Å²) in [5.74, 6) is -1.08. The highest BCUT2D eigenvalue weighted by atomic mass is 16.4. The van der Waals surface area contributed by atoms with Gasteiger partial charge in [-0.25, -0.2) is 0 Å². The third-order valence-corrected chi connectivity index (χ3v) is 3.25. The number of H-pyrrole nitrogens is 1. The van der Waals surface area contributed by atoms with Gasteiger partial charge in [-0.1, -0.05) is 18.2 Å². The fourth-order valence-corrected chi connectivity index (χ4v) is 2.32. The van der Waals surface area contributed by atoms with Crippen LogP contribution < -0.4 is 5.32 Å². The molecule has 0 aliphatic rings. The van der Waals surface area contributed by atoms with Gasteiger partial charge in [-0.05, 0) is 25.0 Å². The van der Waals surface area contributed by atoms with Crippen molar-refractivity contribution in [3.63, 3.8) is 0 Å². The van der Waals surface area contributed by atoms with Gasteiger partial charge < -0.3 is 15.4 Å². The number of amides is 1. The van der Waals surface area contributed by atoms with E-state index in [9.17, 15) is 9.59 Å². The number of rotatable bonds is 5. The van der Waals surface area contributed by atoms with E-state index in [1.165, 1.54) is 0 Å². The molecule has 1 aromatic heterocycles. The SMILES string of the molecule is Cc1cccc2c(CC(=O)NC(C)CC(=O)O)c[nH]c12. The topological polar surface area (TPSA) is 82.2 Å². The van der Waals surface area contributed by atoms with Crippen molar-refractivity contribution in [3.8, 4) is 0 Å². The van der Waals surface area contributed by atoms with Crippen molar-refractivity contribution in [2.45, 2.75) is 32.7 Å². The molecule has 20 heavy (non-hydrogen) atoms. The van der Waals surface area contributed by atoms with Crippen molar-refractivity contribution in [1.29, 1.82) is 0 Å². The molecule has 2 rings (SSSR count). The largest absolute Gasteiger partial charge is 0.481 e. The molecule has 0 spiro atoms. The molecule has 1 atom stereocenters. The Bertz CT molecular complexity index is 646. The predicted molar refractivity (Wildman–Crippen MR) is 76.6 cm³/mol. The van der Waals surface area contributed by atoms with E-state index in [0.29, 0.717) is 0 Å². The third-order valence-electron chi connectivity index (χ3n) is 3.25. The normalized spacial score (nSPS) is 12.3. The van der Waals surface area contributed by atoms with E-state index in [4.69, 9.17) is 5.11 Å². The van der Waals surface area contributed by atoms with Crippen molar-refractivity contribution in [1.82, 2.24) is 10.3 Å². The van der Waals surface area contributed by atoms with Crippen LogP contribution in [0.25, 0.3) is 10.9 Å². The minimum absolute atomic E-state index is 0.0707. The van der Waals surface area contributed by atoms with Crippen molar-refractivity contribution >= 4 is 22.8 Å². The van der Waals surface area contributed by atoms with Gasteiger partial charge in [0.1, 0.15) is 0 Å². The molecule has 0 bridgehead atoms. The molecule has 5 nitrogen and oxygen atoms in total. The van der Waals surface area contributed by atoms with Crippen LogP contribution in [0.1, 0.15) is 24.5 Å². The lowest BCUT2D eigenvalue weighted by Crippen LogP contribution is -2.35. The molecule has 1 heterocycles. The predicted octanol–water partition coefficient (Wildman–Crippen LogP) is 2.00. The zero-order valence-corrected chi connectivity index (χ0v) is 11.6. The van der Waals surface area contributed by atoms with Gasteiger partial charge in [-0.15, -0.1) is 0 Å². The first-order valence-corrected chi connectivity index (χ1v) is 6.54. The molecule has 0 aliphatic heterocycles. The summed E-state index contributed by atoms with van der Waals surface area (Å²) < 4.78 is 0. The molecule has 0 saturated carbocycles. The Hall–Kier alpha value is -2.30. The number of hydrogen-bond acceptors (Lipinski definition) is 2. The molecule has 0 saturated heterocycles. The molecule has 0 fully saturated rings. The Morgan fingerprint density at radius 1 is 1.40 bits per heavy atom. The zero-order valence-electron chi connectivity index (χ0n) is 11.6. The van der Waals surface area contributed by atoms with Gasteiger partial charge in [-0.3, -0.25) is 9.59 Å². The van der Waals surface area contributed by atoms with E-state index < -0.39 is 5.97 Å². The van der Waals surface area contributed by atoms with E-state index in [1.807, 2.05) is 31.3 Å². The molecule has 106 valence electrons. The van der Waals surface area contributed by atoms with Crippen LogP contribution in [0.15, 0.2) is 24.4 Å². The second-order valence-corrected chi connectivity index (χ2v) is 5.05. The fraction of sp³-hybridized carbons (Fsp3) is 0.333. The van der Waals surface area contributed by atoms with Crippen LogP contribution in [-0.2, 0) is 16.0 Å². The Balaban J connectivity index is 2.07. The monoisotopic (exact) mass is 274 g/mol. The molecule has 0 radical (unpaired) electrons. The molecule has 1 unspecified atom stereocenters. The summed E-state index contributed by atoms with van der Waals surface area (Å²) in [7, 11) is 0. The van der Waals surface area contributed by atoms with Gasteiger partial charge in [0.15, 0.2) is 0 Å². The van der Waals surface area contributed by atoms with E-state index in [2.05, 4.69) is 10.3 Å². The van der Waals surface area contributed by atoms with Crippen molar-refractivity contribution in [2.24, 2.45) is 0 Å². The van der Waals surface area contributed by atoms with Gasteiger partial charge in [0.2, 0.25) is 5.91 Å². The molecule has 3 N–H and O–H groups in total. The number of aromatic nitrogens is 1. The molecular weight excluding hydrogens is 256 g/mol. The highest BCUT2D eigenvalue weighted by molar-refractivity contribution is 5.90. The second kappa shape index (κ2) is 5.77. The van der Waals surface area contributed by atoms with Crippen LogP contribution >= 0.6 is 0 Å². The van der Waals surface area contributed by atoms with Crippen molar-refractivity contribution in [3.05, 3.63) is 35.5 Å². The Morgan fingerprint density at radius 3 is 2.85 bits per heavy atom. The summed E-state index contributed by atoms with van der Waals surface area (Å²) >= 11 is 0. The fourth-order valence-electron chi connectivity index (χ4n) is 2.32. The standard InChI is InChI=1S/C15H18N2O3/c1-9-4-3-5-12-11(8-16-15(9)12)7-13(18)17-10(2)6-14(19)20/h3-5,8,10,16H,6-7H2,1-2H3,(H,17,18)(H,19,20). The van der Waals surface area contributed by atoms with Gasteiger partial charge in [-0.2, -0.15) is 0 Å². The number of aliphatic carboxylic acids is 1. The average molecular weight is 274 g/mol. The minimum atomic E-state index is -0.916. The van der Waals surface area contributed by atoms with Gasteiger partial charge in [0.05, 0.1) is 12.8 Å². The first-order chi connectivity index (χ1) is 9.47. The minimum Gasteiger partial charge on any atom is -0.481 e. The van der Waals surface area contributed by atoms with Gasteiger partial charge in [0, 0.05) is 23.1 Å². The summed E-state index contributed by atoms with van der Waals surface area (Å²) in [6, 6.07) is 5.58. The smallest absolute Gasteiger partial charge is 0.305 e. The van der Waals surface area contributed by atoms with Crippen LogP contribution in [0.2, 0.25) is 0 Å². The lowest BCUT2D eigenvalue weighted by molar-refractivity contribution is -0.137. The number of aromatic amines is 1. The van der Waals surface area contributed by atoms with Crippen LogP contribution in [0.5, 0.6) is 0 Å². The molecule has 1 aromatic carbocycles. The lowest BCUT2D eigenvalue weighted by Gasteiger charge is -2.11. The van der Waals surface area contributed by atoms with Crippen LogP contribution in [0.4, 0.5) is 0 Å². The number of nitrogens with one attached hydrogen (secondary N) is 2. The maximum Gasteiger partial charge on any atom is 0.305 e. The van der Waals surface area contributed by atoms with E-state index >= 15 is 0 Å². The Labute approximate surface area is 117 Å². The number of carbonyl (C=O) groups excluding carboxylic acids is 1. The summed E-state index contributed by atoms with van der Waals surface area (Å²) in [4.78, 5) is 25.7. The maximum atomic E-state index is 11.9. The quantitative estimate of drug-likeness (QED) is 0.780. The highest BCUT2D eigenvalue weighted by Crippen LogP contribution is 2.21. The summed E-state index contributed by atoms with van der Waals surface area (Å²) in [6.45, 7) is 3.70. The van der Waals surface area contributed by atoms with Crippen LogP contribution in [0, 0.1) is 6.92 Å². The zero-order chi connectivity index (χ0) is 14.7. The molecule has 5 heteroatoms. The number of fused-ring (bicyclic) bond motifs is 1. The first-order valence-electron chi connectivity index (χ1n) is 6.54. The highest BCUT2D eigenvalue weighted by Gasteiger charge is 2.13. The molecule has 1 amide bonds. The average Bonchev–Trinajstić information content (AvgIpc) is 2.72. The van der Waals surface area contributed by atoms with E-state index in [0.717, 1.165) is 22.0 Å². The van der Waals surface area contributed by atoms with Crippen molar-refractivity contribution in [2.75, 3.05) is 0 Å². The Kier molecular flexibility index (Phi) is 4.08. The van der Waals surface area contributed by atoms with Gasteiger partial charge in [0.25, 0.3) is 0 Å². The summed E-state index contributed by atoms with van der Waals surface area (Å²) in [6.07, 6.45) is 2.01. The number of carboxylic acid groups (broad SMARTS) is 1. The number of carboxylic acids is 1. The van der Waals surface area contributed by atoms with E-state index in [1.54, 1.807) is 6.92 Å². The molecule has 0 aliphatic carbocycles. The number of para-hydroxylation sites is 1. The van der Waals surface area contributed by atoms with Crippen LogP contribution in [-0.4, -0.2) is 28.0 Å². The van der Waals surface area contributed by atoms with E-state index in [-0.39, 0.29) is 24.8 Å². The summed E-state index contributed by atoms with van der Waals surface area (Å²) in [5, 5.41) is 12.4. The van der Waals surface area contributed by atoms with Crippen molar-refractivity contribution < 1.29 is 14.7 Å². The number of hydrogen-bond donors (Lipinski definition) is 3. The second-order valence-electron chi connectivity index (χ2n) is 5.05. The number of aryl methyl sites for hydroxylation is 1. The first kappa shape index (κ1) is 14.1. The number of benzene rings is 1. The third kappa shape index (κ3) is 3.17. The van der Waals surface area contributed by atoms with Crippen LogP contribution in [0.3, 0.4) is 0 Å². The number of carbonyl (C=O) groups is 2. The Morgan fingerprint density at radius 2 is 2.15 bits per heavy atom. The molecule has 2 aromatic rings.